The van der Waals surface area contributed by atoms with E-state index in [2.05, 4.69) is 27.4 Å². The molecule has 1 heterocycles. The van der Waals surface area contributed by atoms with Gasteiger partial charge in [-0.25, -0.2) is 9.97 Å². The minimum Gasteiger partial charge on any atom is -0.457 e. The third-order valence-corrected chi connectivity index (χ3v) is 4.27. The summed E-state index contributed by atoms with van der Waals surface area (Å²) >= 11 is 0. The van der Waals surface area contributed by atoms with Gasteiger partial charge in [0.15, 0.2) is 0 Å². The molecule has 27 heavy (non-hydrogen) atoms. The van der Waals surface area contributed by atoms with Crippen LogP contribution in [0.4, 0.5) is 11.5 Å². The smallest absolute Gasteiger partial charge is 0.137 e. The van der Waals surface area contributed by atoms with Crippen LogP contribution in [0.2, 0.25) is 0 Å². The number of nitrogens with two attached hydrogens (primary N) is 1. The highest BCUT2D eigenvalue weighted by Gasteiger charge is 2.04. The molecule has 0 bridgehead atoms. The number of benzene rings is 3. The first-order chi connectivity index (χ1) is 13.3. The van der Waals surface area contributed by atoms with Crippen molar-refractivity contribution >= 4 is 22.4 Å². The zero-order valence-corrected chi connectivity index (χ0v) is 14.8. The molecule has 5 heteroatoms. The summed E-state index contributed by atoms with van der Waals surface area (Å²) in [6.07, 6.45) is 2.44. The number of nitrogens with one attached hydrogen (secondary N) is 1. The molecule has 0 aliphatic carbocycles. The molecule has 0 spiro atoms. The molecule has 3 N–H and O–H groups in total. The Labute approximate surface area is 157 Å². The molecule has 4 aromatic rings. The molecule has 0 fully saturated rings. The van der Waals surface area contributed by atoms with Gasteiger partial charge in [0.25, 0.3) is 0 Å². The van der Waals surface area contributed by atoms with E-state index in [4.69, 9.17) is 10.5 Å². The molecule has 0 amide bonds. The first-order valence-corrected chi connectivity index (χ1v) is 8.84. The average Bonchev–Trinajstić information content (AvgIpc) is 2.70. The fourth-order valence-corrected chi connectivity index (χ4v) is 2.89. The topological polar surface area (TPSA) is 73.1 Å². The predicted octanol–water partition coefficient (Wildman–Crippen LogP) is 4.66. The van der Waals surface area contributed by atoms with E-state index >= 15 is 0 Å². The number of fused-ring (bicyclic) bond motifs is 1. The Morgan fingerprint density at radius 3 is 2.44 bits per heavy atom. The van der Waals surface area contributed by atoms with E-state index in [1.165, 1.54) is 5.56 Å². The summed E-state index contributed by atoms with van der Waals surface area (Å²) in [5, 5.41) is 4.31. The number of para-hydroxylation sites is 1. The van der Waals surface area contributed by atoms with E-state index in [0.717, 1.165) is 41.2 Å². The molecular formula is C22H20N4O. The van der Waals surface area contributed by atoms with E-state index in [1.807, 2.05) is 60.7 Å². The summed E-state index contributed by atoms with van der Waals surface area (Å²) < 4.78 is 5.82. The summed E-state index contributed by atoms with van der Waals surface area (Å²) in [6.45, 7) is 0.764. The first-order valence-electron chi connectivity index (χ1n) is 8.84. The lowest BCUT2D eigenvalue weighted by atomic mass is 10.1. The number of rotatable bonds is 6. The van der Waals surface area contributed by atoms with Crippen LogP contribution < -0.4 is 15.8 Å². The first kappa shape index (κ1) is 16.8. The Morgan fingerprint density at radius 2 is 1.63 bits per heavy atom. The maximum Gasteiger partial charge on any atom is 0.137 e. The second kappa shape index (κ2) is 7.74. The average molecular weight is 356 g/mol. The van der Waals surface area contributed by atoms with Gasteiger partial charge in [0.05, 0.1) is 5.52 Å². The third kappa shape index (κ3) is 4.15. The highest BCUT2D eigenvalue weighted by Crippen LogP contribution is 2.23. The van der Waals surface area contributed by atoms with Gasteiger partial charge >= 0.3 is 0 Å². The lowest BCUT2D eigenvalue weighted by Gasteiger charge is -2.10. The summed E-state index contributed by atoms with van der Waals surface area (Å²) in [7, 11) is 0. The van der Waals surface area contributed by atoms with Gasteiger partial charge in [0.1, 0.15) is 23.6 Å². The van der Waals surface area contributed by atoms with Gasteiger partial charge in [-0.2, -0.15) is 0 Å². The molecule has 0 unspecified atom stereocenters. The van der Waals surface area contributed by atoms with E-state index in [1.54, 1.807) is 6.33 Å². The Morgan fingerprint density at radius 1 is 0.852 bits per heavy atom. The van der Waals surface area contributed by atoms with Crippen molar-refractivity contribution in [3.8, 4) is 11.5 Å². The van der Waals surface area contributed by atoms with Crippen LogP contribution in [0.1, 0.15) is 5.56 Å². The number of aromatic nitrogens is 2. The lowest BCUT2D eigenvalue weighted by Crippen LogP contribution is -2.07. The molecular weight excluding hydrogens is 336 g/mol. The standard InChI is InChI=1S/C22H20N4O/c23-17-8-11-21-20(14-17)22(26-15-25-21)24-13-12-16-6-9-19(10-7-16)27-18-4-2-1-3-5-18/h1-11,14-15H,12-13,23H2,(H,24,25,26). The van der Waals surface area contributed by atoms with Crippen molar-refractivity contribution in [2.75, 3.05) is 17.6 Å². The van der Waals surface area contributed by atoms with Gasteiger partial charge in [-0.1, -0.05) is 30.3 Å². The Bertz CT molecular complexity index is 1030. The van der Waals surface area contributed by atoms with Crippen LogP contribution in [0.3, 0.4) is 0 Å². The number of ether oxygens (including phenoxy) is 1. The van der Waals surface area contributed by atoms with Crippen LogP contribution in [-0.2, 0) is 6.42 Å². The highest BCUT2D eigenvalue weighted by molar-refractivity contribution is 5.91. The van der Waals surface area contributed by atoms with Gasteiger partial charge in [-0.15, -0.1) is 0 Å². The van der Waals surface area contributed by atoms with Crippen LogP contribution in [0.25, 0.3) is 10.9 Å². The second-order valence-corrected chi connectivity index (χ2v) is 6.23. The minimum atomic E-state index is 0.703. The maximum atomic E-state index is 5.89. The van der Waals surface area contributed by atoms with Crippen molar-refractivity contribution in [3.05, 3.63) is 84.7 Å². The van der Waals surface area contributed by atoms with Crippen LogP contribution in [0, 0.1) is 0 Å². The van der Waals surface area contributed by atoms with Gasteiger partial charge < -0.3 is 15.8 Å². The summed E-state index contributed by atoms with van der Waals surface area (Å²) in [5.41, 5.74) is 8.69. The molecule has 5 nitrogen and oxygen atoms in total. The summed E-state index contributed by atoms with van der Waals surface area (Å²) in [6, 6.07) is 23.6. The molecule has 0 atom stereocenters. The van der Waals surface area contributed by atoms with E-state index in [0.29, 0.717) is 5.69 Å². The quantitative estimate of drug-likeness (QED) is 0.492. The van der Waals surface area contributed by atoms with E-state index < -0.39 is 0 Å². The fourth-order valence-electron chi connectivity index (χ4n) is 2.89. The molecule has 0 saturated heterocycles. The Kier molecular flexibility index (Phi) is 4.83. The van der Waals surface area contributed by atoms with Crippen LogP contribution in [0.5, 0.6) is 11.5 Å². The number of hydrogen-bond acceptors (Lipinski definition) is 5. The SMILES string of the molecule is Nc1ccc2ncnc(NCCc3ccc(Oc4ccccc4)cc3)c2c1. The predicted molar refractivity (Wildman–Crippen MR) is 109 cm³/mol. The third-order valence-electron chi connectivity index (χ3n) is 4.27. The van der Waals surface area contributed by atoms with Crippen molar-refractivity contribution in [2.24, 2.45) is 0 Å². The van der Waals surface area contributed by atoms with E-state index in [-0.39, 0.29) is 0 Å². The molecule has 0 aliphatic rings. The Balaban J connectivity index is 1.37. The lowest BCUT2D eigenvalue weighted by molar-refractivity contribution is 0.482. The molecule has 3 aromatic carbocycles. The summed E-state index contributed by atoms with van der Waals surface area (Å²) in [4.78, 5) is 8.62. The van der Waals surface area contributed by atoms with Gasteiger partial charge in [-0.05, 0) is 54.4 Å². The molecule has 0 radical (unpaired) electrons. The molecule has 134 valence electrons. The largest absolute Gasteiger partial charge is 0.457 e. The normalized spacial score (nSPS) is 10.7. The number of nitrogens with zero attached hydrogens (tertiary/aromatic N) is 2. The number of anilines is 2. The van der Waals surface area contributed by atoms with Gasteiger partial charge in [0, 0.05) is 17.6 Å². The fraction of sp³-hybridized carbons (Fsp3) is 0.0909. The van der Waals surface area contributed by atoms with E-state index in [9.17, 15) is 0 Å². The molecule has 0 saturated carbocycles. The van der Waals surface area contributed by atoms with Gasteiger partial charge in [0.2, 0.25) is 0 Å². The Hall–Kier alpha value is -3.60. The second-order valence-electron chi connectivity index (χ2n) is 6.23. The monoisotopic (exact) mass is 356 g/mol. The highest BCUT2D eigenvalue weighted by atomic mass is 16.5. The number of nitrogen functional groups attached to an aromatic ring is 1. The molecule has 0 aliphatic heterocycles. The van der Waals surface area contributed by atoms with Crippen LogP contribution >= 0.6 is 0 Å². The molecule has 4 rings (SSSR count). The van der Waals surface area contributed by atoms with Crippen molar-refractivity contribution in [3.63, 3.8) is 0 Å². The molecule has 1 aromatic heterocycles. The maximum absolute atomic E-state index is 5.89. The minimum absolute atomic E-state index is 0.703. The zero-order chi connectivity index (χ0) is 18.5. The van der Waals surface area contributed by atoms with Crippen molar-refractivity contribution in [2.45, 2.75) is 6.42 Å². The summed E-state index contributed by atoms with van der Waals surface area (Å²) in [5.74, 6) is 2.47. The van der Waals surface area contributed by atoms with Crippen LogP contribution in [-0.4, -0.2) is 16.5 Å². The van der Waals surface area contributed by atoms with Crippen molar-refractivity contribution < 1.29 is 4.74 Å². The van der Waals surface area contributed by atoms with Crippen molar-refractivity contribution in [1.82, 2.24) is 9.97 Å². The van der Waals surface area contributed by atoms with Gasteiger partial charge in [-0.3, -0.25) is 0 Å². The number of hydrogen-bond donors (Lipinski definition) is 2. The van der Waals surface area contributed by atoms with Crippen molar-refractivity contribution in [1.29, 1.82) is 0 Å². The van der Waals surface area contributed by atoms with Crippen LogP contribution in [0.15, 0.2) is 79.1 Å². The zero-order valence-electron chi connectivity index (χ0n) is 14.8.